The molecular weight excluding hydrogens is 341 g/mol. The molecule has 0 unspecified atom stereocenters. The Labute approximate surface area is 160 Å². The Morgan fingerprint density at radius 2 is 2.00 bits per heavy atom. The second kappa shape index (κ2) is 7.39. The van der Waals surface area contributed by atoms with E-state index in [1.165, 1.54) is 6.07 Å². The summed E-state index contributed by atoms with van der Waals surface area (Å²) in [6, 6.07) is 10.8. The Hall–Kier alpha value is -2.27. The van der Waals surface area contributed by atoms with Gasteiger partial charge in [-0.25, -0.2) is 4.39 Å². The Morgan fingerprint density at radius 3 is 2.78 bits per heavy atom. The van der Waals surface area contributed by atoms with Crippen molar-refractivity contribution in [2.75, 3.05) is 26.2 Å². The summed E-state index contributed by atoms with van der Waals surface area (Å²) in [5, 5.41) is 0. The van der Waals surface area contributed by atoms with Crippen LogP contribution in [0.25, 0.3) is 0 Å². The Morgan fingerprint density at radius 1 is 1.15 bits per heavy atom. The highest BCUT2D eigenvalue weighted by atomic mass is 19.1. The van der Waals surface area contributed by atoms with Crippen LogP contribution in [0.1, 0.15) is 40.9 Å². The SMILES string of the molecule is Cc1ccc(C(=O)N2CC[C@]3(CCCN(Cc4ccccc4F)C3)C2)cn1. The van der Waals surface area contributed by atoms with Crippen LogP contribution in [0.5, 0.6) is 0 Å². The number of benzene rings is 1. The van der Waals surface area contributed by atoms with Crippen LogP contribution in [0.2, 0.25) is 0 Å². The molecule has 1 spiro atoms. The molecule has 1 atom stereocenters. The molecule has 4 nitrogen and oxygen atoms in total. The number of nitrogens with zero attached hydrogens (tertiary/aromatic N) is 3. The third-order valence-electron chi connectivity index (χ3n) is 5.98. The fourth-order valence-electron chi connectivity index (χ4n) is 4.53. The molecule has 1 aromatic carbocycles. The fourth-order valence-corrected chi connectivity index (χ4v) is 4.53. The molecule has 4 rings (SSSR count). The number of hydrogen-bond acceptors (Lipinski definition) is 3. The molecule has 27 heavy (non-hydrogen) atoms. The van der Waals surface area contributed by atoms with Crippen molar-refractivity contribution in [3.05, 3.63) is 65.2 Å². The molecular formula is C22H26FN3O. The highest BCUT2D eigenvalue weighted by Gasteiger charge is 2.42. The van der Waals surface area contributed by atoms with E-state index in [-0.39, 0.29) is 17.1 Å². The molecule has 0 radical (unpaired) electrons. The molecule has 0 aliphatic carbocycles. The molecule has 1 amide bonds. The van der Waals surface area contributed by atoms with Gasteiger partial charge in [0.15, 0.2) is 0 Å². The number of pyridine rings is 1. The lowest BCUT2D eigenvalue weighted by Crippen LogP contribution is -2.45. The van der Waals surface area contributed by atoms with Crippen LogP contribution in [0.15, 0.2) is 42.6 Å². The molecule has 2 aromatic rings. The minimum absolute atomic E-state index is 0.0746. The zero-order chi connectivity index (χ0) is 18.9. The number of aryl methyl sites for hydroxylation is 1. The maximum Gasteiger partial charge on any atom is 0.255 e. The number of carbonyl (C=O) groups excluding carboxylic acids is 1. The lowest BCUT2D eigenvalue weighted by molar-refractivity contribution is 0.0673. The zero-order valence-electron chi connectivity index (χ0n) is 15.8. The molecule has 5 heteroatoms. The minimum Gasteiger partial charge on any atom is -0.338 e. The summed E-state index contributed by atoms with van der Waals surface area (Å²) in [4.78, 5) is 21.4. The van der Waals surface area contributed by atoms with E-state index in [1.54, 1.807) is 12.3 Å². The van der Waals surface area contributed by atoms with E-state index in [1.807, 2.05) is 36.1 Å². The van der Waals surface area contributed by atoms with Gasteiger partial charge >= 0.3 is 0 Å². The van der Waals surface area contributed by atoms with Crippen LogP contribution in [0.4, 0.5) is 4.39 Å². The van der Waals surface area contributed by atoms with Crippen LogP contribution >= 0.6 is 0 Å². The average molecular weight is 367 g/mol. The normalized spacial score (nSPS) is 23.1. The van der Waals surface area contributed by atoms with Crippen LogP contribution in [0.3, 0.4) is 0 Å². The van der Waals surface area contributed by atoms with Crippen LogP contribution in [-0.2, 0) is 6.54 Å². The lowest BCUT2D eigenvalue weighted by Gasteiger charge is -2.40. The van der Waals surface area contributed by atoms with Crippen molar-refractivity contribution in [1.82, 2.24) is 14.8 Å². The van der Waals surface area contributed by atoms with Gasteiger partial charge in [-0.1, -0.05) is 18.2 Å². The predicted octanol–water partition coefficient (Wildman–Crippen LogP) is 3.66. The second-order valence-corrected chi connectivity index (χ2v) is 8.07. The first-order chi connectivity index (χ1) is 13.0. The maximum absolute atomic E-state index is 14.0. The minimum atomic E-state index is -0.132. The summed E-state index contributed by atoms with van der Waals surface area (Å²) in [6.45, 7) is 6.06. The molecule has 3 heterocycles. The van der Waals surface area contributed by atoms with Gasteiger partial charge in [0.05, 0.1) is 5.56 Å². The van der Waals surface area contributed by atoms with Gasteiger partial charge in [0.1, 0.15) is 5.82 Å². The molecule has 0 N–H and O–H groups in total. The standard InChI is InChI=1S/C22H26FN3O/c1-17-7-8-18(13-24-17)21(27)26-12-10-22(16-26)9-4-11-25(15-22)14-19-5-2-3-6-20(19)23/h2-3,5-8,13H,4,9-12,14-16H2,1H3/t22-/m0/s1. The van der Waals surface area contributed by atoms with E-state index >= 15 is 0 Å². The van der Waals surface area contributed by atoms with Crippen molar-refractivity contribution in [2.24, 2.45) is 5.41 Å². The molecule has 1 aromatic heterocycles. The second-order valence-electron chi connectivity index (χ2n) is 8.07. The van der Waals surface area contributed by atoms with Crippen molar-refractivity contribution < 1.29 is 9.18 Å². The summed E-state index contributed by atoms with van der Waals surface area (Å²) in [5.74, 6) is -0.0576. The van der Waals surface area contributed by atoms with E-state index in [0.29, 0.717) is 12.1 Å². The Bertz CT molecular complexity index is 823. The van der Waals surface area contributed by atoms with Gasteiger partial charge in [-0.05, 0) is 50.9 Å². The number of halogens is 1. The molecule has 142 valence electrons. The molecule has 2 saturated heterocycles. The van der Waals surface area contributed by atoms with Gasteiger partial charge in [0, 0.05) is 49.0 Å². The molecule has 2 fully saturated rings. The Balaban J connectivity index is 1.42. The first-order valence-corrected chi connectivity index (χ1v) is 9.72. The van der Waals surface area contributed by atoms with Gasteiger partial charge in [-0.15, -0.1) is 0 Å². The number of rotatable bonds is 3. The van der Waals surface area contributed by atoms with Gasteiger partial charge in [0.25, 0.3) is 5.91 Å². The zero-order valence-corrected chi connectivity index (χ0v) is 15.8. The van der Waals surface area contributed by atoms with E-state index in [0.717, 1.165) is 56.7 Å². The number of carbonyl (C=O) groups is 1. The van der Waals surface area contributed by atoms with E-state index in [2.05, 4.69) is 9.88 Å². The highest BCUT2D eigenvalue weighted by molar-refractivity contribution is 5.94. The van der Waals surface area contributed by atoms with Crippen LogP contribution in [-0.4, -0.2) is 46.9 Å². The van der Waals surface area contributed by atoms with E-state index in [9.17, 15) is 9.18 Å². The molecule has 2 aliphatic heterocycles. The first kappa shape index (κ1) is 18.1. The third-order valence-corrected chi connectivity index (χ3v) is 5.98. The maximum atomic E-state index is 14.0. The van der Waals surface area contributed by atoms with Gasteiger partial charge in [-0.2, -0.15) is 0 Å². The van der Waals surface area contributed by atoms with Gasteiger partial charge in [0.2, 0.25) is 0 Å². The largest absolute Gasteiger partial charge is 0.338 e. The number of piperidine rings is 1. The quantitative estimate of drug-likeness (QED) is 0.831. The molecule has 0 bridgehead atoms. The van der Waals surface area contributed by atoms with Gasteiger partial charge < -0.3 is 4.90 Å². The summed E-state index contributed by atoms with van der Waals surface area (Å²) < 4.78 is 14.0. The first-order valence-electron chi connectivity index (χ1n) is 9.72. The molecule has 2 aliphatic rings. The van der Waals surface area contributed by atoms with Crippen molar-refractivity contribution >= 4 is 5.91 Å². The summed E-state index contributed by atoms with van der Waals surface area (Å²) in [5.41, 5.74) is 2.47. The predicted molar refractivity (Wildman–Crippen MR) is 103 cm³/mol. The van der Waals surface area contributed by atoms with Gasteiger partial charge in [-0.3, -0.25) is 14.7 Å². The van der Waals surface area contributed by atoms with E-state index in [4.69, 9.17) is 0 Å². The van der Waals surface area contributed by atoms with Crippen LogP contribution < -0.4 is 0 Å². The number of likely N-dealkylation sites (tertiary alicyclic amines) is 2. The number of hydrogen-bond donors (Lipinski definition) is 0. The monoisotopic (exact) mass is 367 g/mol. The van der Waals surface area contributed by atoms with Crippen molar-refractivity contribution in [1.29, 1.82) is 0 Å². The topological polar surface area (TPSA) is 36.4 Å². The lowest BCUT2D eigenvalue weighted by atomic mass is 9.79. The summed E-state index contributed by atoms with van der Waals surface area (Å²) in [7, 11) is 0. The van der Waals surface area contributed by atoms with Crippen LogP contribution in [0, 0.1) is 18.2 Å². The van der Waals surface area contributed by atoms with Crippen molar-refractivity contribution in [3.63, 3.8) is 0 Å². The average Bonchev–Trinajstić information content (AvgIpc) is 3.07. The summed E-state index contributed by atoms with van der Waals surface area (Å²) in [6.07, 6.45) is 4.93. The molecule has 0 saturated carbocycles. The summed E-state index contributed by atoms with van der Waals surface area (Å²) >= 11 is 0. The van der Waals surface area contributed by atoms with Crippen molar-refractivity contribution in [2.45, 2.75) is 32.7 Å². The van der Waals surface area contributed by atoms with E-state index < -0.39 is 0 Å². The third kappa shape index (κ3) is 3.88. The Kier molecular flexibility index (Phi) is 4.96. The number of amides is 1. The number of aromatic nitrogens is 1. The fraction of sp³-hybridized carbons (Fsp3) is 0.455. The van der Waals surface area contributed by atoms with Crippen molar-refractivity contribution in [3.8, 4) is 0 Å². The highest BCUT2D eigenvalue weighted by Crippen LogP contribution is 2.39. The smallest absolute Gasteiger partial charge is 0.255 e.